The number of aryl methyl sites for hydroxylation is 1. The van der Waals surface area contributed by atoms with Crippen molar-refractivity contribution in [2.45, 2.75) is 26.7 Å². The molecule has 0 aliphatic rings. The maximum absolute atomic E-state index is 13.4. The lowest BCUT2D eigenvalue weighted by atomic mass is 9.99. The first-order valence-corrected chi connectivity index (χ1v) is 6.82. The summed E-state index contributed by atoms with van der Waals surface area (Å²) in [6, 6.07) is 2.93. The molecule has 0 unspecified atom stereocenters. The minimum atomic E-state index is -0.274. The molecule has 90 valence electrons. The largest absolute Gasteiger partial charge is 0.252 e. The Morgan fingerprint density at radius 3 is 2.59 bits per heavy atom. The average molecular weight is 364 g/mol. The van der Waals surface area contributed by atoms with Crippen LogP contribution in [0.25, 0.3) is 10.9 Å². The Morgan fingerprint density at radius 2 is 2.00 bits per heavy atom. The molecule has 2 rings (SSSR count). The number of halogens is 3. The molecule has 0 saturated heterocycles. The number of hydrogen-bond acceptors (Lipinski definition) is 1. The molecule has 0 aliphatic heterocycles. The highest BCUT2D eigenvalue weighted by Gasteiger charge is 2.16. The summed E-state index contributed by atoms with van der Waals surface area (Å²) < 4.78 is 14.2. The first-order chi connectivity index (χ1) is 7.91. The molecule has 4 heteroatoms. The van der Waals surface area contributed by atoms with Crippen molar-refractivity contribution in [1.82, 2.24) is 4.98 Å². The van der Waals surface area contributed by atoms with Gasteiger partial charge >= 0.3 is 0 Å². The Morgan fingerprint density at radius 1 is 1.35 bits per heavy atom. The highest BCUT2D eigenvalue weighted by Crippen LogP contribution is 2.34. The molecule has 2 aromatic rings. The second-order valence-corrected chi connectivity index (χ2v) is 5.90. The summed E-state index contributed by atoms with van der Waals surface area (Å²) in [6.07, 6.45) is 0. The predicted octanol–water partition coefficient (Wildman–Crippen LogP) is 5.06. The quantitative estimate of drug-likeness (QED) is 0.645. The van der Waals surface area contributed by atoms with E-state index in [1.807, 2.05) is 6.92 Å². The van der Waals surface area contributed by atoms with Crippen LogP contribution in [0.4, 0.5) is 4.39 Å². The third-order valence-corrected chi connectivity index (χ3v) is 3.98. The highest BCUT2D eigenvalue weighted by molar-refractivity contribution is 14.1. The maximum atomic E-state index is 13.4. The molecule has 0 aliphatic carbocycles. The fourth-order valence-electron chi connectivity index (χ4n) is 2.05. The molecule has 0 amide bonds. The van der Waals surface area contributed by atoms with Crippen molar-refractivity contribution in [3.8, 4) is 0 Å². The van der Waals surface area contributed by atoms with E-state index >= 15 is 0 Å². The number of aromatic nitrogens is 1. The van der Waals surface area contributed by atoms with Crippen LogP contribution in [0, 0.1) is 16.3 Å². The standard InChI is InChI=1S/C13H12ClFIN/c1-6(2)11-7(3)17-13-9(12(11)14)4-8(15)5-10(13)16/h4-6H,1-3H3. The van der Waals surface area contributed by atoms with Gasteiger partial charge in [-0.1, -0.05) is 25.4 Å². The van der Waals surface area contributed by atoms with Crippen LogP contribution in [-0.2, 0) is 0 Å². The molecule has 1 aromatic carbocycles. The average Bonchev–Trinajstić information content (AvgIpc) is 2.19. The topological polar surface area (TPSA) is 12.9 Å². The Labute approximate surface area is 119 Å². The van der Waals surface area contributed by atoms with Gasteiger partial charge in [0.1, 0.15) is 5.82 Å². The van der Waals surface area contributed by atoms with E-state index in [0.717, 1.165) is 20.3 Å². The highest BCUT2D eigenvalue weighted by atomic mass is 127. The zero-order chi connectivity index (χ0) is 12.7. The van der Waals surface area contributed by atoms with Crippen molar-refractivity contribution in [3.63, 3.8) is 0 Å². The first kappa shape index (κ1) is 13.0. The van der Waals surface area contributed by atoms with Crippen LogP contribution in [0.3, 0.4) is 0 Å². The molecule has 0 bridgehead atoms. The van der Waals surface area contributed by atoms with Crippen LogP contribution >= 0.6 is 34.2 Å². The summed E-state index contributed by atoms with van der Waals surface area (Å²) in [6.45, 7) is 6.07. The molecule has 0 fully saturated rings. The van der Waals surface area contributed by atoms with E-state index in [4.69, 9.17) is 11.6 Å². The normalized spacial score (nSPS) is 11.5. The smallest absolute Gasteiger partial charge is 0.125 e. The van der Waals surface area contributed by atoms with Crippen LogP contribution in [0.2, 0.25) is 5.02 Å². The van der Waals surface area contributed by atoms with Gasteiger partial charge in [-0.2, -0.15) is 0 Å². The first-order valence-electron chi connectivity index (χ1n) is 5.36. The van der Waals surface area contributed by atoms with Crippen molar-refractivity contribution in [2.24, 2.45) is 0 Å². The molecule has 0 radical (unpaired) electrons. The second-order valence-electron chi connectivity index (χ2n) is 4.36. The van der Waals surface area contributed by atoms with Gasteiger partial charge in [-0.05, 0) is 53.1 Å². The SMILES string of the molecule is Cc1nc2c(I)cc(F)cc2c(Cl)c1C(C)C. The van der Waals surface area contributed by atoms with Gasteiger partial charge in [-0.15, -0.1) is 0 Å². The summed E-state index contributed by atoms with van der Waals surface area (Å²) in [4.78, 5) is 4.54. The van der Waals surface area contributed by atoms with Gasteiger partial charge in [0.25, 0.3) is 0 Å². The number of fused-ring (bicyclic) bond motifs is 1. The summed E-state index contributed by atoms with van der Waals surface area (Å²) >= 11 is 8.46. The maximum Gasteiger partial charge on any atom is 0.125 e. The van der Waals surface area contributed by atoms with E-state index in [-0.39, 0.29) is 11.7 Å². The van der Waals surface area contributed by atoms with Gasteiger partial charge in [0.05, 0.1) is 10.5 Å². The Kier molecular flexibility index (Phi) is 3.59. The van der Waals surface area contributed by atoms with Crippen LogP contribution in [-0.4, -0.2) is 4.98 Å². The molecule has 1 heterocycles. The van der Waals surface area contributed by atoms with Gasteiger partial charge in [0, 0.05) is 14.7 Å². The molecule has 0 N–H and O–H groups in total. The van der Waals surface area contributed by atoms with Crippen molar-refractivity contribution in [2.75, 3.05) is 0 Å². The summed E-state index contributed by atoms with van der Waals surface area (Å²) in [5.41, 5.74) is 2.70. The number of rotatable bonds is 1. The van der Waals surface area contributed by atoms with Gasteiger partial charge < -0.3 is 0 Å². The van der Waals surface area contributed by atoms with E-state index in [1.54, 1.807) is 0 Å². The summed E-state index contributed by atoms with van der Waals surface area (Å²) in [7, 11) is 0. The van der Waals surface area contributed by atoms with Gasteiger partial charge in [0.15, 0.2) is 0 Å². The fraction of sp³-hybridized carbons (Fsp3) is 0.308. The van der Waals surface area contributed by atoms with Crippen LogP contribution < -0.4 is 0 Å². The minimum absolute atomic E-state index is 0.274. The van der Waals surface area contributed by atoms with Crippen LogP contribution in [0.1, 0.15) is 31.0 Å². The lowest BCUT2D eigenvalue weighted by Crippen LogP contribution is -1.99. The zero-order valence-electron chi connectivity index (χ0n) is 9.81. The number of hydrogen-bond donors (Lipinski definition) is 0. The van der Waals surface area contributed by atoms with E-state index in [0.29, 0.717) is 10.4 Å². The monoisotopic (exact) mass is 363 g/mol. The van der Waals surface area contributed by atoms with E-state index < -0.39 is 0 Å². The lowest BCUT2D eigenvalue weighted by Gasteiger charge is -2.14. The predicted molar refractivity (Wildman–Crippen MR) is 78.3 cm³/mol. The molecule has 0 atom stereocenters. The van der Waals surface area contributed by atoms with Crippen molar-refractivity contribution >= 4 is 45.1 Å². The molecule has 0 saturated carbocycles. The Bertz CT molecular complexity index is 596. The van der Waals surface area contributed by atoms with E-state index in [2.05, 4.69) is 41.4 Å². The zero-order valence-corrected chi connectivity index (χ0v) is 12.7. The molecule has 0 spiro atoms. The summed E-state index contributed by atoms with van der Waals surface area (Å²) in [5, 5.41) is 1.32. The Hall–Kier alpha value is -0.420. The molecular weight excluding hydrogens is 352 g/mol. The van der Waals surface area contributed by atoms with Crippen molar-refractivity contribution < 1.29 is 4.39 Å². The minimum Gasteiger partial charge on any atom is -0.252 e. The van der Waals surface area contributed by atoms with Crippen LogP contribution in [0.15, 0.2) is 12.1 Å². The van der Waals surface area contributed by atoms with Gasteiger partial charge in [-0.25, -0.2) is 4.39 Å². The number of pyridine rings is 1. The fourth-order valence-corrected chi connectivity index (χ4v) is 3.26. The molecular formula is C13H12ClFIN. The van der Waals surface area contributed by atoms with Crippen molar-refractivity contribution in [3.05, 3.63) is 37.8 Å². The summed E-state index contributed by atoms with van der Waals surface area (Å²) in [5.74, 6) is 0.00416. The second kappa shape index (κ2) is 4.69. The molecule has 17 heavy (non-hydrogen) atoms. The molecule has 1 aromatic heterocycles. The third-order valence-electron chi connectivity index (χ3n) is 2.75. The Balaban J connectivity index is 2.92. The van der Waals surface area contributed by atoms with E-state index in [9.17, 15) is 4.39 Å². The number of benzene rings is 1. The van der Waals surface area contributed by atoms with Gasteiger partial charge in [-0.3, -0.25) is 4.98 Å². The molecule has 1 nitrogen and oxygen atoms in total. The third kappa shape index (κ3) is 2.27. The van der Waals surface area contributed by atoms with Crippen LogP contribution in [0.5, 0.6) is 0 Å². The van der Waals surface area contributed by atoms with E-state index in [1.165, 1.54) is 12.1 Å². The van der Waals surface area contributed by atoms with Crippen molar-refractivity contribution in [1.29, 1.82) is 0 Å². The van der Waals surface area contributed by atoms with Gasteiger partial charge in [0.2, 0.25) is 0 Å². The number of nitrogens with zero attached hydrogens (tertiary/aromatic N) is 1. The lowest BCUT2D eigenvalue weighted by molar-refractivity contribution is 0.628.